The van der Waals surface area contributed by atoms with E-state index >= 15 is 0 Å². The van der Waals surface area contributed by atoms with Crippen molar-refractivity contribution in [2.45, 2.75) is 25.7 Å². The van der Waals surface area contributed by atoms with Crippen LogP contribution in [-0.4, -0.2) is 0 Å². The molecule has 0 N–H and O–H groups in total. The minimum atomic E-state index is 1.37. The summed E-state index contributed by atoms with van der Waals surface area (Å²) in [6.07, 6.45) is 0. The summed E-state index contributed by atoms with van der Waals surface area (Å²) >= 11 is 1.80. The van der Waals surface area contributed by atoms with Crippen molar-refractivity contribution in [3.05, 3.63) is 35.1 Å². The van der Waals surface area contributed by atoms with Crippen molar-refractivity contribution < 1.29 is 0 Å². The van der Waals surface area contributed by atoms with Crippen LogP contribution in [0.25, 0.3) is 0 Å². The quantitative estimate of drug-likeness (QED) is 0.604. The molecule has 0 aliphatic carbocycles. The average Bonchev–Trinajstić information content (AvgIpc) is 1.97. The zero-order chi connectivity index (χ0) is 8.27. The first kappa shape index (κ1) is 8.66. The van der Waals surface area contributed by atoms with Gasteiger partial charge in [-0.3, -0.25) is 0 Å². The Morgan fingerprint density at radius 3 is 2.18 bits per heavy atom. The molecule has 11 heavy (non-hydrogen) atoms. The molecule has 0 aromatic heterocycles. The first-order valence-electron chi connectivity index (χ1n) is 3.76. The van der Waals surface area contributed by atoms with Crippen molar-refractivity contribution in [2.75, 3.05) is 0 Å². The van der Waals surface area contributed by atoms with Crippen molar-refractivity contribution in [3.63, 3.8) is 0 Å². The molecule has 0 fully saturated rings. The summed E-state index contributed by atoms with van der Waals surface area (Å²) in [5, 5.41) is 0. The van der Waals surface area contributed by atoms with Crippen LogP contribution >= 0.6 is 11.8 Å². The highest BCUT2D eigenvalue weighted by Crippen LogP contribution is 2.27. The molecule has 1 aromatic carbocycles. The zero-order valence-electron chi connectivity index (χ0n) is 7.22. The van der Waals surface area contributed by atoms with E-state index in [1.807, 2.05) is 0 Å². The second-order valence-corrected chi connectivity index (χ2v) is 3.69. The molecule has 1 rings (SSSR count). The molecule has 0 nitrogen and oxygen atoms in total. The number of benzene rings is 1. The van der Waals surface area contributed by atoms with E-state index in [4.69, 9.17) is 0 Å². The molecule has 0 heterocycles. The van der Waals surface area contributed by atoms with Gasteiger partial charge in [0.1, 0.15) is 0 Å². The van der Waals surface area contributed by atoms with E-state index in [0.717, 1.165) is 0 Å². The van der Waals surface area contributed by atoms with E-state index < -0.39 is 0 Å². The number of aryl methyl sites for hydroxylation is 2. The Hall–Kier alpha value is -0.430. The lowest BCUT2D eigenvalue weighted by molar-refractivity contribution is 1.22. The first-order valence-corrected chi connectivity index (χ1v) is 4.64. The molecule has 0 aliphatic heterocycles. The molecule has 0 amide bonds. The van der Waals surface area contributed by atoms with Crippen LogP contribution in [0.4, 0.5) is 0 Å². The van der Waals surface area contributed by atoms with Gasteiger partial charge in [0.2, 0.25) is 0 Å². The van der Waals surface area contributed by atoms with Gasteiger partial charge < -0.3 is 0 Å². The maximum absolute atomic E-state index is 2.15. The average molecular weight is 165 g/mol. The topological polar surface area (TPSA) is 0 Å². The summed E-state index contributed by atoms with van der Waals surface area (Å²) in [6.45, 7) is 6.37. The third-order valence-corrected chi connectivity index (χ3v) is 2.76. The maximum atomic E-state index is 2.15. The molecular formula is C10H13S. The fraction of sp³-hybridized carbons (Fsp3) is 0.300. The summed E-state index contributed by atoms with van der Waals surface area (Å²) in [4.78, 5) is 1.40. The molecule has 0 saturated heterocycles. The van der Waals surface area contributed by atoms with Crippen LogP contribution in [0.3, 0.4) is 0 Å². The number of hydrogen-bond donors (Lipinski definition) is 0. The lowest BCUT2D eigenvalue weighted by atomic mass is 10.2. The molecule has 0 unspecified atom stereocenters. The van der Waals surface area contributed by atoms with Gasteiger partial charge in [0.15, 0.2) is 0 Å². The van der Waals surface area contributed by atoms with Crippen molar-refractivity contribution in [3.8, 4) is 0 Å². The van der Waals surface area contributed by atoms with Crippen LogP contribution in [0.2, 0.25) is 0 Å². The van der Waals surface area contributed by atoms with E-state index in [9.17, 15) is 0 Å². The Balaban J connectivity index is 3.00. The number of hydrogen-bond acceptors (Lipinski definition) is 1. The molecule has 1 aromatic rings. The van der Waals surface area contributed by atoms with E-state index in [1.54, 1.807) is 11.8 Å². The normalized spacial score (nSPS) is 10.1. The monoisotopic (exact) mass is 165 g/mol. The molecule has 0 atom stereocenters. The molecule has 0 spiro atoms. The molecule has 1 heteroatoms. The van der Waals surface area contributed by atoms with Crippen molar-refractivity contribution in [1.29, 1.82) is 0 Å². The maximum Gasteiger partial charge on any atom is 0.0186 e. The highest BCUT2D eigenvalue weighted by molar-refractivity contribution is 8.01. The van der Waals surface area contributed by atoms with Crippen molar-refractivity contribution in [2.24, 2.45) is 0 Å². The smallest absolute Gasteiger partial charge is 0.0186 e. The van der Waals surface area contributed by atoms with Crippen molar-refractivity contribution >= 4 is 11.8 Å². The van der Waals surface area contributed by atoms with Gasteiger partial charge in [0, 0.05) is 10.6 Å². The van der Waals surface area contributed by atoms with Crippen LogP contribution in [0, 0.1) is 19.6 Å². The van der Waals surface area contributed by atoms with Crippen LogP contribution in [-0.2, 0) is 0 Å². The highest BCUT2D eigenvalue weighted by Gasteiger charge is 1.99. The summed E-state index contributed by atoms with van der Waals surface area (Å²) < 4.78 is 0. The highest BCUT2D eigenvalue weighted by atomic mass is 32.2. The first-order chi connectivity index (χ1) is 5.25. The third kappa shape index (κ3) is 2.00. The van der Waals surface area contributed by atoms with E-state index in [-0.39, 0.29) is 0 Å². The standard InChI is InChI=1S/C10H13S/c1-4-11-10-8(2)6-5-7-9(10)3/h4-7H,1-3H3. The fourth-order valence-corrected chi connectivity index (χ4v) is 1.85. The number of rotatable bonds is 2. The Morgan fingerprint density at radius 2 is 1.73 bits per heavy atom. The lowest BCUT2D eigenvalue weighted by Gasteiger charge is -2.06. The lowest BCUT2D eigenvalue weighted by Crippen LogP contribution is -1.82. The molecule has 1 radical (unpaired) electrons. The zero-order valence-corrected chi connectivity index (χ0v) is 8.03. The minimum absolute atomic E-state index is 1.37. The van der Waals surface area contributed by atoms with Gasteiger partial charge >= 0.3 is 0 Å². The van der Waals surface area contributed by atoms with Gasteiger partial charge in [-0.05, 0) is 25.0 Å². The van der Waals surface area contributed by atoms with Gasteiger partial charge in [-0.15, -0.1) is 11.8 Å². The molecule has 59 valence electrons. The summed E-state index contributed by atoms with van der Waals surface area (Å²) in [5.74, 6) is 2.12. The molecule has 0 saturated carbocycles. The van der Waals surface area contributed by atoms with Gasteiger partial charge in [0.25, 0.3) is 0 Å². The molecular weight excluding hydrogens is 152 g/mol. The third-order valence-electron chi connectivity index (χ3n) is 1.64. The summed E-state index contributed by atoms with van der Waals surface area (Å²) in [6, 6.07) is 6.40. The molecule has 0 aliphatic rings. The number of thioether (sulfide) groups is 1. The van der Waals surface area contributed by atoms with Gasteiger partial charge in [-0.2, -0.15) is 0 Å². The van der Waals surface area contributed by atoms with Gasteiger partial charge in [-0.25, -0.2) is 0 Å². The fourth-order valence-electron chi connectivity index (χ4n) is 1.10. The van der Waals surface area contributed by atoms with Gasteiger partial charge in [-0.1, -0.05) is 25.1 Å². The minimum Gasteiger partial charge on any atom is -0.121 e. The molecule has 0 bridgehead atoms. The Labute approximate surface area is 73.0 Å². The van der Waals surface area contributed by atoms with Gasteiger partial charge in [0.05, 0.1) is 0 Å². The largest absolute Gasteiger partial charge is 0.121 e. The van der Waals surface area contributed by atoms with Crippen LogP contribution in [0.1, 0.15) is 18.1 Å². The van der Waals surface area contributed by atoms with E-state index in [0.29, 0.717) is 0 Å². The van der Waals surface area contributed by atoms with E-state index in [1.165, 1.54) is 16.0 Å². The van der Waals surface area contributed by atoms with Crippen molar-refractivity contribution in [1.82, 2.24) is 0 Å². The predicted molar refractivity (Wildman–Crippen MR) is 51.7 cm³/mol. The second-order valence-electron chi connectivity index (χ2n) is 2.57. The van der Waals surface area contributed by atoms with Crippen LogP contribution < -0.4 is 0 Å². The second kappa shape index (κ2) is 3.82. The van der Waals surface area contributed by atoms with E-state index in [2.05, 4.69) is 44.7 Å². The van der Waals surface area contributed by atoms with Crippen LogP contribution in [0.15, 0.2) is 23.1 Å². The Bertz CT molecular complexity index is 220. The SMILES string of the molecule is C[CH]Sc1c(C)cccc1C. The predicted octanol–water partition coefficient (Wildman–Crippen LogP) is 3.58. The Morgan fingerprint density at radius 1 is 1.18 bits per heavy atom. The Kier molecular flexibility index (Phi) is 3.01. The summed E-state index contributed by atoms with van der Waals surface area (Å²) in [5.41, 5.74) is 2.74. The summed E-state index contributed by atoms with van der Waals surface area (Å²) in [7, 11) is 0. The van der Waals surface area contributed by atoms with Crippen LogP contribution in [0.5, 0.6) is 0 Å².